The van der Waals surface area contributed by atoms with Gasteiger partial charge in [-0.1, -0.05) is 18.2 Å². The standard InChI is InChI=1S/C14H20ClNO/c1-11(15)7-8-16(2)9-12-10-17-14-6-4-3-5-13(12)14/h3-6,11-12H,7-10H2,1-2H3. The Morgan fingerprint density at radius 1 is 1.47 bits per heavy atom. The summed E-state index contributed by atoms with van der Waals surface area (Å²) in [4.78, 5) is 2.34. The maximum Gasteiger partial charge on any atom is 0.122 e. The Morgan fingerprint density at radius 3 is 3.00 bits per heavy atom. The number of fused-ring (bicyclic) bond motifs is 1. The first kappa shape index (κ1) is 12.7. The molecule has 17 heavy (non-hydrogen) atoms. The summed E-state index contributed by atoms with van der Waals surface area (Å²) >= 11 is 5.97. The second-order valence-corrected chi connectivity index (χ2v) is 5.62. The molecule has 0 aromatic heterocycles. The second kappa shape index (κ2) is 5.74. The number of para-hydroxylation sites is 1. The number of nitrogens with zero attached hydrogens (tertiary/aromatic N) is 1. The van der Waals surface area contributed by atoms with Gasteiger partial charge in [-0.15, -0.1) is 11.6 Å². The quantitative estimate of drug-likeness (QED) is 0.748. The molecule has 0 spiro atoms. The van der Waals surface area contributed by atoms with Crippen LogP contribution in [0.2, 0.25) is 0 Å². The van der Waals surface area contributed by atoms with Gasteiger partial charge in [-0.05, 0) is 33.0 Å². The van der Waals surface area contributed by atoms with Crippen LogP contribution < -0.4 is 4.74 Å². The zero-order chi connectivity index (χ0) is 12.3. The topological polar surface area (TPSA) is 12.5 Å². The summed E-state index contributed by atoms with van der Waals surface area (Å²) < 4.78 is 5.68. The summed E-state index contributed by atoms with van der Waals surface area (Å²) in [6.07, 6.45) is 1.03. The molecule has 1 aromatic rings. The van der Waals surface area contributed by atoms with Crippen LogP contribution in [0.3, 0.4) is 0 Å². The van der Waals surface area contributed by atoms with E-state index in [2.05, 4.69) is 30.1 Å². The summed E-state index contributed by atoms with van der Waals surface area (Å²) in [7, 11) is 2.15. The van der Waals surface area contributed by atoms with Crippen molar-refractivity contribution >= 4 is 11.6 Å². The van der Waals surface area contributed by atoms with Crippen LogP contribution in [0.4, 0.5) is 0 Å². The van der Waals surface area contributed by atoms with Gasteiger partial charge in [0.05, 0.1) is 6.61 Å². The number of hydrogen-bond donors (Lipinski definition) is 0. The molecule has 0 bridgehead atoms. The molecular formula is C14H20ClNO. The maximum absolute atomic E-state index is 5.97. The van der Waals surface area contributed by atoms with Crippen molar-refractivity contribution in [3.63, 3.8) is 0 Å². The second-order valence-electron chi connectivity index (χ2n) is 4.88. The number of halogens is 1. The number of alkyl halides is 1. The van der Waals surface area contributed by atoms with Gasteiger partial charge in [0.25, 0.3) is 0 Å². The molecule has 0 N–H and O–H groups in total. The molecule has 2 nitrogen and oxygen atoms in total. The highest BCUT2D eigenvalue weighted by Gasteiger charge is 2.24. The summed E-state index contributed by atoms with van der Waals surface area (Å²) in [6, 6.07) is 8.34. The Bertz CT molecular complexity index is 367. The van der Waals surface area contributed by atoms with Crippen LogP contribution in [0.25, 0.3) is 0 Å². The monoisotopic (exact) mass is 253 g/mol. The van der Waals surface area contributed by atoms with Crippen molar-refractivity contribution in [2.45, 2.75) is 24.6 Å². The Labute approximate surface area is 109 Å². The van der Waals surface area contributed by atoms with E-state index in [4.69, 9.17) is 16.3 Å². The zero-order valence-corrected chi connectivity index (χ0v) is 11.3. The molecule has 1 aliphatic heterocycles. The molecule has 2 unspecified atom stereocenters. The first-order chi connectivity index (χ1) is 8.16. The number of hydrogen-bond acceptors (Lipinski definition) is 2. The SMILES string of the molecule is CC(Cl)CCN(C)CC1COc2ccccc21. The lowest BCUT2D eigenvalue weighted by molar-refractivity contribution is 0.265. The molecule has 0 aliphatic carbocycles. The highest BCUT2D eigenvalue weighted by atomic mass is 35.5. The van der Waals surface area contributed by atoms with Gasteiger partial charge in [0.15, 0.2) is 0 Å². The van der Waals surface area contributed by atoms with E-state index in [0.29, 0.717) is 5.92 Å². The van der Waals surface area contributed by atoms with E-state index in [-0.39, 0.29) is 5.38 Å². The number of rotatable bonds is 5. The summed E-state index contributed by atoms with van der Waals surface area (Å²) in [5, 5.41) is 0.254. The van der Waals surface area contributed by atoms with Crippen molar-refractivity contribution in [2.24, 2.45) is 0 Å². The molecule has 0 radical (unpaired) electrons. The smallest absolute Gasteiger partial charge is 0.122 e. The van der Waals surface area contributed by atoms with Gasteiger partial charge in [-0.2, -0.15) is 0 Å². The van der Waals surface area contributed by atoms with Crippen LogP contribution in [0.15, 0.2) is 24.3 Å². The Hall–Kier alpha value is -0.730. The minimum Gasteiger partial charge on any atom is -0.493 e. The first-order valence-electron chi connectivity index (χ1n) is 6.21. The molecule has 0 amide bonds. The molecule has 2 rings (SSSR count). The van der Waals surface area contributed by atoms with Crippen LogP contribution in [0.5, 0.6) is 5.75 Å². The number of likely N-dealkylation sites (N-methyl/N-ethyl adjacent to an activating group) is 1. The molecule has 1 heterocycles. The Balaban J connectivity index is 1.88. The van der Waals surface area contributed by atoms with Gasteiger partial charge in [0.1, 0.15) is 5.75 Å². The summed E-state index contributed by atoms with van der Waals surface area (Å²) in [5.74, 6) is 1.55. The third kappa shape index (κ3) is 3.36. The van der Waals surface area contributed by atoms with E-state index in [9.17, 15) is 0 Å². The van der Waals surface area contributed by atoms with Gasteiger partial charge < -0.3 is 9.64 Å². The van der Waals surface area contributed by atoms with Crippen LogP contribution in [-0.4, -0.2) is 37.0 Å². The van der Waals surface area contributed by atoms with E-state index >= 15 is 0 Å². The fraction of sp³-hybridized carbons (Fsp3) is 0.571. The average Bonchev–Trinajstić information content (AvgIpc) is 2.70. The Kier molecular flexibility index (Phi) is 4.30. The van der Waals surface area contributed by atoms with Gasteiger partial charge in [-0.3, -0.25) is 0 Å². The third-order valence-corrected chi connectivity index (χ3v) is 3.46. The average molecular weight is 254 g/mol. The van der Waals surface area contributed by atoms with Crippen molar-refractivity contribution in [3.05, 3.63) is 29.8 Å². The van der Waals surface area contributed by atoms with E-state index in [1.54, 1.807) is 0 Å². The van der Waals surface area contributed by atoms with E-state index in [0.717, 1.165) is 31.9 Å². The number of benzene rings is 1. The van der Waals surface area contributed by atoms with Crippen molar-refractivity contribution in [1.29, 1.82) is 0 Å². The fourth-order valence-electron chi connectivity index (χ4n) is 2.25. The molecule has 2 atom stereocenters. The summed E-state index contributed by atoms with van der Waals surface area (Å²) in [5.41, 5.74) is 1.35. The van der Waals surface area contributed by atoms with Gasteiger partial charge in [0, 0.05) is 23.4 Å². The van der Waals surface area contributed by atoms with Crippen LogP contribution in [0.1, 0.15) is 24.8 Å². The third-order valence-electron chi connectivity index (χ3n) is 3.24. The molecule has 1 aliphatic rings. The molecule has 0 saturated carbocycles. The summed E-state index contributed by atoms with van der Waals surface area (Å²) in [6.45, 7) is 4.94. The highest BCUT2D eigenvalue weighted by Crippen LogP contribution is 2.33. The minimum absolute atomic E-state index is 0.254. The molecule has 0 fully saturated rings. The molecular weight excluding hydrogens is 234 g/mol. The Morgan fingerprint density at radius 2 is 2.24 bits per heavy atom. The van der Waals surface area contributed by atoms with E-state index in [1.807, 2.05) is 13.0 Å². The highest BCUT2D eigenvalue weighted by molar-refractivity contribution is 6.20. The van der Waals surface area contributed by atoms with Gasteiger partial charge in [-0.25, -0.2) is 0 Å². The molecule has 3 heteroatoms. The zero-order valence-electron chi connectivity index (χ0n) is 10.5. The van der Waals surface area contributed by atoms with Crippen molar-refractivity contribution in [2.75, 3.05) is 26.7 Å². The van der Waals surface area contributed by atoms with Crippen LogP contribution in [0, 0.1) is 0 Å². The maximum atomic E-state index is 5.97. The lowest BCUT2D eigenvalue weighted by Gasteiger charge is -2.20. The van der Waals surface area contributed by atoms with Crippen molar-refractivity contribution in [3.8, 4) is 5.75 Å². The van der Waals surface area contributed by atoms with Gasteiger partial charge in [0.2, 0.25) is 0 Å². The van der Waals surface area contributed by atoms with Crippen molar-refractivity contribution in [1.82, 2.24) is 4.90 Å². The molecule has 94 valence electrons. The molecule has 1 aromatic carbocycles. The normalized spacial score (nSPS) is 20.1. The predicted octanol–water partition coefficient (Wildman–Crippen LogP) is 3.11. The van der Waals surface area contributed by atoms with Crippen molar-refractivity contribution < 1.29 is 4.74 Å². The van der Waals surface area contributed by atoms with Gasteiger partial charge >= 0.3 is 0 Å². The molecule has 0 saturated heterocycles. The largest absolute Gasteiger partial charge is 0.493 e. The lowest BCUT2D eigenvalue weighted by atomic mass is 10.0. The van der Waals surface area contributed by atoms with Crippen LogP contribution in [-0.2, 0) is 0 Å². The minimum atomic E-state index is 0.254. The van der Waals surface area contributed by atoms with Crippen LogP contribution >= 0.6 is 11.6 Å². The predicted molar refractivity (Wildman–Crippen MR) is 72.1 cm³/mol. The lowest BCUT2D eigenvalue weighted by Crippen LogP contribution is -2.27. The van der Waals surface area contributed by atoms with E-state index in [1.165, 1.54) is 5.56 Å². The van der Waals surface area contributed by atoms with E-state index < -0.39 is 0 Å². The fourth-order valence-corrected chi connectivity index (χ4v) is 2.34. The first-order valence-corrected chi connectivity index (χ1v) is 6.65. The number of ether oxygens (including phenoxy) is 1.